The molecule has 0 bridgehead atoms. The molecule has 0 aromatic carbocycles. The number of aromatic nitrogens is 3. The summed E-state index contributed by atoms with van der Waals surface area (Å²) in [6.07, 6.45) is 5.44. The van der Waals surface area contributed by atoms with Crippen molar-refractivity contribution in [3.05, 3.63) is 39.7 Å². The summed E-state index contributed by atoms with van der Waals surface area (Å²) < 4.78 is 9.10. The first kappa shape index (κ1) is 16.8. The average Bonchev–Trinajstić information content (AvgIpc) is 2.88. The molecule has 0 spiro atoms. The summed E-state index contributed by atoms with van der Waals surface area (Å²) in [5.41, 5.74) is 1.01. The SMILES string of the molecule is COc1cc(=O)n2c(c1C(=O)Nc1cnc3n1CCCC3)CCNCC2. The Kier molecular flexibility index (Phi) is 4.50. The van der Waals surface area contributed by atoms with Gasteiger partial charge in [-0.2, -0.15) is 0 Å². The van der Waals surface area contributed by atoms with E-state index in [1.54, 1.807) is 10.8 Å². The molecule has 26 heavy (non-hydrogen) atoms. The number of rotatable bonds is 3. The summed E-state index contributed by atoms with van der Waals surface area (Å²) in [6.45, 7) is 2.82. The van der Waals surface area contributed by atoms with Crippen LogP contribution in [0.15, 0.2) is 17.1 Å². The van der Waals surface area contributed by atoms with E-state index in [1.807, 2.05) is 0 Å². The van der Waals surface area contributed by atoms with Gasteiger partial charge in [0, 0.05) is 50.8 Å². The minimum atomic E-state index is -0.263. The van der Waals surface area contributed by atoms with Gasteiger partial charge < -0.3 is 24.5 Å². The molecule has 2 aromatic heterocycles. The summed E-state index contributed by atoms with van der Waals surface area (Å²) in [5.74, 6) is 1.76. The number of methoxy groups -OCH3 is 1. The standard InChI is InChI=1S/C18H23N5O3/c1-26-13-10-16(24)22-9-7-19-6-5-12(22)17(13)18(25)21-15-11-20-14-4-2-3-8-23(14)15/h10-11,19H,2-9H2,1H3,(H,21,25). The Labute approximate surface area is 151 Å². The van der Waals surface area contributed by atoms with Crippen molar-refractivity contribution in [3.8, 4) is 5.75 Å². The van der Waals surface area contributed by atoms with Crippen LogP contribution in [0.4, 0.5) is 5.82 Å². The third-order valence-corrected chi connectivity index (χ3v) is 5.09. The van der Waals surface area contributed by atoms with Gasteiger partial charge in [-0.3, -0.25) is 9.59 Å². The van der Waals surface area contributed by atoms with Crippen LogP contribution in [0.25, 0.3) is 0 Å². The van der Waals surface area contributed by atoms with Crippen LogP contribution in [-0.2, 0) is 25.9 Å². The van der Waals surface area contributed by atoms with E-state index in [0.29, 0.717) is 36.6 Å². The normalized spacial score (nSPS) is 16.3. The lowest BCUT2D eigenvalue weighted by Gasteiger charge is -2.19. The molecule has 2 N–H and O–H groups in total. The second-order valence-electron chi connectivity index (χ2n) is 6.65. The van der Waals surface area contributed by atoms with E-state index in [4.69, 9.17) is 4.74 Å². The zero-order valence-corrected chi connectivity index (χ0v) is 14.9. The van der Waals surface area contributed by atoms with Crippen molar-refractivity contribution < 1.29 is 9.53 Å². The summed E-state index contributed by atoms with van der Waals surface area (Å²) in [7, 11) is 1.48. The Hall–Kier alpha value is -2.61. The van der Waals surface area contributed by atoms with E-state index >= 15 is 0 Å². The number of carbonyl (C=O) groups excluding carboxylic acids is 1. The molecule has 0 radical (unpaired) electrons. The first-order valence-electron chi connectivity index (χ1n) is 9.06. The quantitative estimate of drug-likeness (QED) is 0.848. The van der Waals surface area contributed by atoms with Gasteiger partial charge in [0.15, 0.2) is 0 Å². The predicted octanol–water partition coefficient (Wildman–Crippen LogP) is 0.788. The fraction of sp³-hybridized carbons (Fsp3) is 0.500. The zero-order chi connectivity index (χ0) is 18.1. The van der Waals surface area contributed by atoms with Gasteiger partial charge >= 0.3 is 0 Å². The molecule has 0 saturated carbocycles. The predicted molar refractivity (Wildman–Crippen MR) is 96.9 cm³/mol. The monoisotopic (exact) mass is 357 g/mol. The van der Waals surface area contributed by atoms with Gasteiger partial charge in [-0.25, -0.2) is 4.98 Å². The molecule has 8 heteroatoms. The highest BCUT2D eigenvalue weighted by atomic mass is 16.5. The van der Waals surface area contributed by atoms with E-state index < -0.39 is 0 Å². The van der Waals surface area contributed by atoms with E-state index in [1.165, 1.54) is 13.2 Å². The number of hydrogen-bond donors (Lipinski definition) is 2. The maximum Gasteiger partial charge on any atom is 0.262 e. The number of carbonyl (C=O) groups is 1. The van der Waals surface area contributed by atoms with Crippen LogP contribution >= 0.6 is 0 Å². The van der Waals surface area contributed by atoms with Gasteiger partial charge in [-0.05, 0) is 12.8 Å². The van der Waals surface area contributed by atoms with E-state index in [0.717, 1.165) is 43.9 Å². The van der Waals surface area contributed by atoms with E-state index in [9.17, 15) is 9.59 Å². The first-order valence-corrected chi connectivity index (χ1v) is 9.06. The van der Waals surface area contributed by atoms with Gasteiger partial charge in [-0.15, -0.1) is 0 Å². The summed E-state index contributed by atoms with van der Waals surface area (Å²) in [4.78, 5) is 29.9. The highest BCUT2D eigenvalue weighted by molar-refractivity contribution is 6.06. The van der Waals surface area contributed by atoms with Crippen molar-refractivity contribution in [2.45, 2.75) is 38.8 Å². The fourth-order valence-corrected chi connectivity index (χ4v) is 3.80. The van der Waals surface area contributed by atoms with Crippen LogP contribution in [-0.4, -0.2) is 40.2 Å². The van der Waals surface area contributed by atoms with Gasteiger partial charge in [0.2, 0.25) is 0 Å². The van der Waals surface area contributed by atoms with Crippen LogP contribution in [0.5, 0.6) is 5.75 Å². The van der Waals surface area contributed by atoms with Crippen molar-refractivity contribution in [1.29, 1.82) is 0 Å². The smallest absolute Gasteiger partial charge is 0.262 e. The number of pyridine rings is 1. The van der Waals surface area contributed by atoms with E-state index in [2.05, 4.69) is 20.2 Å². The maximum atomic E-state index is 13.1. The molecule has 8 nitrogen and oxygen atoms in total. The molecule has 2 aromatic rings. The number of nitrogens with one attached hydrogen (secondary N) is 2. The number of hydrogen-bond acceptors (Lipinski definition) is 5. The molecule has 0 atom stereocenters. The van der Waals surface area contributed by atoms with Gasteiger partial charge in [-0.1, -0.05) is 0 Å². The second kappa shape index (κ2) is 6.95. The number of amides is 1. The van der Waals surface area contributed by atoms with Gasteiger partial charge in [0.1, 0.15) is 23.0 Å². The van der Waals surface area contributed by atoms with Crippen LogP contribution in [0, 0.1) is 0 Å². The fourth-order valence-electron chi connectivity index (χ4n) is 3.80. The molecule has 0 saturated heterocycles. The van der Waals surface area contributed by atoms with Crippen LogP contribution in [0.3, 0.4) is 0 Å². The number of aryl methyl sites for hydroxylation is 1. The Bertz CT molecular complexity index is 899. The Balaban J connectivity index is 1.73. The minimum Gasteiger partial charge on any atom is -0.496 e. The molecular weight excluding hydrogens is 334 g/mol. The Morgan fingerprint density at radius 2 is 2.12 bits per heavy atom. The molecule has 4 rings (SSSR count). The average molecular weight is 357 g/mol. The Morgan fingerprint density at radius 1 is 1.23 bits per heavy atom. The maximum absolute atomic E-state index is 13.1. The number of nitrogens with zero attached hydrogens (tertiary/aromatic N) is 3. The van der Waals surface area contributed by atoms with Crippen LogP contribution < -0.4 is 20.9 Å². The molecule has 2 aliphatic heterocycles. The molecule has 0 fully saturated rings. The highest BCUT2D eigenvalue weighted by Crippen LogP contribution is 2.25. The molecule has 138 valence electrons. The van der Waals surface area contributed by atoms with Crippen molar-refractivity contribution in [1.82, 2.24) is 19.4 Å². The molecule has 2 aliphatic rings. The number of anilines is 1. The third kappa shape index (κ3) is 2.90. The zero-order valence-electron chi connectivity index (χ0n) is 14.9. The lowest BCUT2D eigenvalue weighted by Crippen LogP contribution is -2.29. The summed E-state index contributed by atoms with van der Waals surface area (Å²) in [5, 5.41) is 6.24. The van der Waals surface area contributed by atoms with Gasteiger partial charge in [0.05, 0.1) is 13.3 Å². The molecule has 0 aliphatic carbocycles. The lowest BCUT2D eigenvalue weighted by atomic mass is 10.1. The molecular formula is C18H23N5O3. The van der Waals surface area contributed by atoms with Crippen molar-refractivity contribution in [2.24, 2.45) is 0 Å². The summed E-state index contributed by atoms with van der Waals surface area (Å²) in [6, 6.07) is 1.40. The molecule has 4 heterocycles. The first-order chi connectivity index (χ1) is 12.7. The molecule has 1 amide bonds. The van der Waals surface area contributed by atoms with Crippen molar-refractivity contribution in [3.63, 3.8) is 0 Å². The number of ether oxygens (including phenoxy) is 1. The third-order valence-electron chi connectivity index (χ3n) is 5.09. The van der Waals surface area contributed by atoms with Crippen molar-refractivity contribution in [2.75, 3.05) is 25.5 Å². The highest BCUT2D eigenvalue weighted by Gasteiger charge is 2.25. The number of fused-ring (bicyclic) bond motifs is 2. The van der Waals surface area contributed by atoms with Crippen LogP contribution in [0.2, 0.25) is 0 Å². The molecule has 0 unspecified atom stereocenters. The lowest BCUT2D eigenvalue weighted by molar-refractivity contribution is 0.102. The van der Waals surface area contributed by atoms with E-state index in [-0.39, 0.29) is 11.5 Å². The summed E-state index contributed by atoms with van der Waals surface area (Å²) >= 11 is 0. The number of imidazole rings is 1. The van der Waals surface area contributed by atoms with Crippen molar-refractivity contribution >= 4 is 11.7 Å². The largest absolute Gasteiger partial charge is 0.496 e. The topological polar surface area (TPSA) is 90.2 Å². The van der Waals surface area contributed by atoms with Crippen LogP contribution in [0.1, 0.15) is 34.7 Å². The Morgan fingerprint density at radius 3 is 2.96 bits per heavy atom. The minimum absolute atomic E-state index is 0.140. The second-order valence-corrected chi connectivity index (χ2v) is 6.65. The van der Waals surface area contributed by atoms with Gasteiger partial charge in [0.25, 0.3) is 11.5 Å².